The van der Waals surface area contributed by atoms with Gasteiger partial charge in [-0.05, 0) is 74.2 Å². The Morgan fingerprint density at radius 3 is 1.72 bits per heavy atom. The van der Waals surface area contributed by atoms with Gasteiger partial charge in [0.1, 0.15) is 11.0 Å². The Labute approximate surface area is 249 Å². The standard InChI is InChI=1S/C39H26N4/c1-3-11-28(12-4-1)32-18-9-19-33(29-13-5-2-6-14-29)38(32)36-25-37-39(35-17-8-7-16-34(35)36)42-43(41-37)31-22-20-27(21-23-31)30-15-10-24-40-26-30/h1-26H. The quantitative estimate of drug-likeness (QED) is 0.214. The summed E-state index contributed by atoms with van der Waals surface area (Å²) in [6.07, 6.45) is 3.66. The van der Waals surface area contributed by atoms with Crippen LogP contribution in [-0.2, 0) is 0 Å². The lowest BCUT2D eigenvalue weighted by Gasteiger charge is -2.18. The molecule has 0 amide bonds. The summed E-state index contributed by atoms with van der Waals surface area (Å²) in [5.41, 5.74) is 11.9. The van der Waals surface area contributed by atoms with Crippen LogP contribution >= 0.6 is 0 Å². The third-order valence-electron chi connectivity index (χ3n) is 7.99. The van der Waals surface area contributed by atoms with E-state index < -0.39 is 0 Å². The highest BCUT2D eigenvalue weighted by Crippen LogP contribution is 2.44. The summed E-state index contributed by atoms with van der Waals surface area (Å²) < 4.78 is 0. The van der Waals surface area contributed by atoms with Gasteiger partial charge in [0.15, 0.2) is 0 Å². The van der Waals surface area contributed by atoms with E-state index in [1.54, 1.807) is 11.0 Å². The molecule has 0 fully saturated rings. The molecule has 0 aliphatic rings. The zero-order valence-electron chi connectivity index (χ0n) is 23.3. The van der Waals surface area contributed by atoms with Gasteiger partial charge in [0.05, 0.1) is 5.69 Å². The normalized spacial score (nSPS) is 11.3. The van der Waals surface area contributed by atoms with Crippen molar-refractivity contribution in [1.82, 2.24) is 20.0 Å². The monoisotopic (exact) mass is 550 g/mol. The van der Waals surface area contributed by atoms with Crippen LogP contribution in [0.4, 0.5) is 0 Å². The Morgan fingerprint density at radius 2 is 1.07 bits per heavy atom. The maximum atomic E-state index is 5.02. The van der Waals surface area contributed by atoms with Gasteiger partial charge in [0.2, 0.25) is 0 Å². The van der Waals surface area contributed by atoms with Gasteiger partial charge in [-0.15, -0.1) is 10.2 Å². The van der Waals surface area contributed by atoms with E-state index in [2.05, 4.69) is 145 Å². The van der Waals surface area contributed by atoms with E-state index >= 15 is 0 Å². The van der Waals surface area contributed by atoms with Crippen LogP contribution in [0.2, 0.25) is 0 Å². The van der Waals surface area contributed by atoms with E-state index in [4.69, 9.17) is 10.2 Å². The number of benzene rings is 6. The molecule has 43 heavy (non-hydrogen) atoms. The molecule has 0 saturated heterocycles. The molecule has 0 unspecified atom stereocenters. The average molecular weight is 551 g/mol. The Balaban J connectivity index is 1.35. The SMILES string of the molecule is c1ccc(-c2cccc(-c3ccccc3)c2-c2cc3nn(-c4ccc(-c5cccnc5)cc4)nc3c3ccccc23)cc1. The summed E-state index contributed by atoms with van der Waals surface area (Å²) in [4.78, 5) is 6.00. The Bertz CT molecular complexity index is 2150. The Morgan fingerprint density at radius 1 is 0.442 bits per heavy atom. The van der Waals surface area contributed by atoms with E-state index in [-0.39, 0.29) is 0 Å². The number of aromatic nitrogens is 4. The van der Waals surface area contributed by atoms with Gasteiger partial charge in [-0.3, -0.25) is 4.98 Å². The van der Waals surface area contributed by atoms with Gasteiger partial charge in [-0.25, -0.2) is 0 Å². The van der Waals surface area contributed by atoms with Crippen molar-refractivity contribution in [2.75, 3.05) is 0 Å². The predicted molar refractivity (Wildman–Crippen MR) is 176 cm³/mol. The smallest absolute Gasteiger partial charge is 0.121 e. The maximum Gasteiger partial charge on any atom is 0.121 e. The molecule has 8 aromatic rings. The third kappa shape index (κ3) is 4.46. The fourth-order valence-corrected chi connectivity index (χ4v) is 5.95. The third-order valence-corrected chi connectivity index (χ3v) is 7.99. The highest BCUT2D eigenvalue weighted by Gasteiger charge is 2.19. The lowest BCUT2D eigenvalue weighted by Crippen LogP contribution is -1.98. The lowest BCUT2D eigenvalue weighted by atomic mass is 9.85. The zero-order chi connectivity index (χ0) is 28.6. The van der Waals surface area contributed by atoms with Crippen molar-refractivity contribution in [3.05, 3.63) is 158 Å². The minimum Gasteiger partial charge on any atom is -0.264 e. The van der Waals surface area contributed by atoms with E-state index in [0.717, 1.165) is 44.2 Å². The first-order valence-corrected chi connectivity index (χ1v) is 14.4. The summed E-state index contributed by atoms with van der Waals surface area (Å²) in [5, 5.41) is 12.2. The van der Waals surface area contributed by atoms with Gasteiger partial charge in [-0.2, -0.15) is 4.80 Å². The van der Waals surface area contributed by atoms with Crippen molar-refractivity contribution < 1.29 is 0 Å². The minimum atomic E-state index is 0.854. The van der Waals surface area contributed by atoms with Gasteiger partial charge < -0.3 is 0 Å². The molecule has 6 aromatic carbocycles. The van der Waals surface area contributed by atoms with Crippen molar-refractivity contribution >= 4 is 21.8 Å². The van der Waals surface area contributed by atoms with E-state index in [9.17, 15) is 0 Å². The number of nitrogens with zero attached hydrogens (tertiary/aromatic N) is 4. The van der Waals surface area contributed by atoms with Gasteiger partial charge in [-0.1, -0.05) is 121 Å². The first kappa shape index (κ1) is 24.9. The molecule has 0 aliphatic carbocycles. The van der Waals surface area contributed by atoms with Crippen molar-refractivity contribution in [2.24, 2.45) is 0 Å². The molecule has 4 nitrogen and oxygen atoms in total. The van der Waals surface area contributed by atoms with Crippen molar-refractivity contribution in [1.29, 1.82) is 0 Å². The van der Waals surface area contributed by atoms with Crippen LogP contribution in [0.3, 0.4) is 0 Å². The second-order valence-corrected chi connectivity index (χ2v) is 10.6. The first-order valence-electron chi connectivity index (χ1n) is 14.4. The number of fused-ring (bicyclic) bond motifs is 3. The van der Waals surface area contributed by atoms with E-state index in [1.165, 1.54) is 27.8 Å². The molecule has 4 heteroatoms. The molecule has 2 aromatic heterocycles. The number of pyridine rings is 1. The summed E-state index contributed by atoms with van der Waals surface area (Å²) >= 11 is 0. The van der Waals surface area contributed by atoms with Crippen molar-refractivity contribution in [3.8, 4) is 50.2 Å². The summed E-state index contributed by atoms with van der Waals surface area (Å²) in [6.45, 7) is 0. The molecule has 0 aliphatic heterocycles. The largest absolute Gasteiger partial charge is 0.264 e. The molecule has 0 radical (unpaired) electrons. The molecule has 0 N–H and O–H groups in total. The second-order valence-electron chi connectivity index (χ2n) is 10.6. The molecule has 2 heterocycles. The van der Waals surface area contributed by atoms with Crippen LogP contribution in [0.1, 0.15) is 0 Å². The maximum absolute atomic E-state index is 5.02. The van der Waals surface area contributed by atoms with Crippen molar-refractivity contribution in [2.45, 2.75) is 0 Å². The Hall–Kier alpha value is -5.87. The van der Waals surface area contributed by atoms with Crippen molar-refractivity contribution in [3.63, 3.8) is 0 Å². The molecule has 0 bridgehead atoms. The molecule has 8 rings (SSSR count). The number of hydrogen-bond acceptors (Lipinski definition) is 3. The van der Waals surface area contributed by atoms with Crippen LogP contribution < -0.4 is 0 Å². The van der Waals surface area contributed by atoms with E-state index in [0.29, 0.717) is 0 Å². The van der Waals surface area contributed by atoms with E-state index in [1.807, 2.05) is 12.3 Å². The van der Waals surface area contributed by atoms with Crippen LogP contribution in [-0.4, -0.2) is 20.0 Å². The van der Waals surface area contributed by atoms with Crippen LogP contribution in [0.15, 0.2) is 158 Å². The van der Waals surface area contributed by atoms with Crippen LogP contribution in [0.25, 0.3) is 72.0 Å². The lowest BCUT2D eigenvalue weighted by molar-refractivity contribution is 0.766. The summed E-state index contributed by atoms with van der Waals surface area (Å²) in [7, 11) is 0. The zero-order valence-corrected chi connectivity index (χ0v) is 23.3. The highest BCUT2D eigenvalue weighted by atomic mass is 15.5. The topological polar surface area (TPSA) is 43.6 Å². The molecule has 202 valence electrons. The van der Waals surface area contributed by atoms with Gasteiger partial charge >= 0.3 is 0 Å². The molecular formula is C39H26N4. The number of hydrogen-bond donors (Lipinski definition) is 0. The number of rotatable bonds is 5. The summed E-state index contributed by atoms with van der Waals surface area (Å²) in [6, 6.07) is 50.9. The summed E-state index contributed by atoms with van der Waals surface area (Å²) in [5.74, 6) is 0. The van der Waals surface area contributed by atoms with Gasteiger partial charge in [0, 0.05) is 17.8 Å². The first-order chi connectivity index (χ1) is 21.3. The highest BCUT2D eigenvalue weighted by molar-refractivity contribution is 6.14. The molecular weight excluding hydrogens is 524 g/mol. The fraction of sp³-hybridized carbons (Fsp3) is 0. The molecule has 0 atom stereocenters. The molecule has 0 spiro atoms. The molecule has 0 saturated carbocycles. The van der Waals surface area contributed by atoms with Crippen LogP contribution in [0.5, 0.6) is 0 Å². The van der Waals surface area contributed by atoms with Crippen LogP contribution in [0, 0.1) is 0 Å². The average Bonchev–Trinajstić information content (AvgIpc) is 3.54. The predicted octanol–water partition coefficient (Wildman–Crippen LogP) is 9.64. The Kier molecular flexibility index (Phi) is 6.08. The minimum absolute atomic E-state index is 0.854. The fourth-order valence-electron chi connectivity index (χ4n) is 5.95. The second kappa shape index (κ2) is 10.5. The van der Waals surface area contributed by atoms with Gasteiger partial charge in [0.25, 0.3) is 0 Å².